The van der Waals surface area contributed by atoms with Crippen LogP contribution in [-0.2, 0) is 6.42 Å². The zero-order valence-corrected chi connectivity index (χ0v) is 12.8. The van der Waals surface area contributed by atoms with Crippen LogP contribution < -0.4 is 5.32 Å². The number of hydrogen-bond donors (Lipinski definition) is 1. The van der Waals surface area contributed by atoms with Crippen LogP contribution >= 0.6 is 22.7 Å². The van der Waals surface area contributed by atoms with Gasteiger partial charge in [0, 0.05) is 23.7 Å². The molecule has 0 unspecified atom stereocenters. The summed E-state index contributed by atoms with van der Waals surface area (Å²) in [6, 6.07) is 3.71. The normalized spacial score (nSPS) is 11.1. The van der Waals surface area contributed by atoms with Crippen molar-refractivity contribution in [3.63, 3.8) is 0 Å². The van der Waals surface area contributed by atoms with E-state index in [1.165, 1.54) is 21.8 Å². The van der Waals surface area contributed by atoms with Crippen molar-refractivity contribution < 1.29 is 4.79 Å². The molecule has 2 aromatic rings. The second kappa shape index (κ2) is 6.12. The number of hydrogen-bond acceptors (Lipinski definition) is 4. The minimum Gasteiger partial charge on any atom is -0.312 e. The number of amides is 1. The van der Waals surface area contributed by atoms with Gasteiger partial charge in [0.2, 0.25) is 0 Å². The molecule has 0 saturated heterocycles. The lowest BCUT2D eigenvalue weighted by molar-refractivity contribution is 0.103. The van der Waals surface area contributed by atoms with Crippen LogP contribution in [0.1, 0.15) is 32.6 Å². The predicted octanol–water partition coefficient (Wildman–Crippen LogP) is 3.98. The number of carbonyl (C=O) groups is 1. The van der Waals surface area contributed by atoms with Gasteiger partial charge in [0.25, 0.3) is 5.91 Å². The first-order valence-electron chi connectivity index (χ1n) is 6.06. The van der Waals surface area contributed by atoms with Crippen molar-refractivity contribution >= 4 is 39.8 Å². The number of rotatable bonds is 4. The molecule has 0 spiro atoms. The fraction of sp³-hybridized carbons (Fsp3) is 0.286. The minimum atomic E-state index is -0.0512. The highest BCUT2D eigenvalue weighted by molar-refractivity contribution is 7.17. The molecule has 1 amide bonds. The van der Waals surface area contributed by atoms with Crippen LogP contribution in [0.15, 0.2) is 22.5 Å². The lowest BCUT2D eigenvalue weighted by Crippen LogP contribution is -2.10. The number of nitrogens with one attached hydrogen (secondary N) is 1. The first-order valence-corrected chi connectivity index (χ1v) is 7.76. The van der Waals surface area contributed by atoms with E-state index < -0.39 is 0 Å². The van der Waals surface area contributed by atoms with Gasteiger partial charge >= 0.3 is 0 Å². The predicted molar refractivity (Wildman–Crippen MR) is 84.2 cm³/mol. The molecule has 5 heteroatoms. The van der Waals surface area contributed by atoms with Crippen molar-refractivity contribution in [2.24, 2.45) is 4.99 Å². The molecule has 1 N–H and O–H groups in total. The van der Waals surface area contributed by atoms with Crippen molar-refractivity contribution in [1.29, 1.82) is 0 Å². The Hall–Kier alpha value is -1.46. The van der Waals surface area contributed by atoms with E-state index in [1.54, 1.807) is 18.4 Å². The molecule has 0 aliphatic rings. The third-order valence-corrected chi connectivity index (χ3v) is 4.78. The highest BCUT2D eigenvalue weighted by Gasteiger charge is 2.16. The number of nitrogens with zero attached hydrogens (tertiary/aromatic N) is 1. The summed E-state index contributed by atoms with van der Waals surface area (Å²) in [5, 5.41) is 5.78. The molecule has 0 atom stereocenters. The lowest BCUT2D eigenvalue weighted by atomic mass is 10.1. The Morgan fingerprint density at radius 3 is 2.89 bits per heavy atom. The first kappa shape index (κ1) is 14.0. The summed E-state index contributed by atoms with van der Waals surface area (Å²) in [7, 11) is 1.75. The smallest absolute Gasteiger partial charge is 0.266 e. The summed E-state index contributed by atoms with van der Waals surface area (Å²) in [5.41, 5.74) is 2.30. The molecule has 100 valence electrons. The molecular formula is C14H16N2OS2. The van der Waals surface area contributed by atoms with Gasteiger partial charge in [-0.25, -0.2) is 0 Å². The number of carbonyl (C=O) groups excluding carboxylic acids is 1. The molecule has 3 nitrogen and oxygen atoms in total. The lowest BCUT2D eigenvalue weighted by Gasteiger charge is -2.03. The van der Waals surface area contributed by atoms with Gasteiger partial charge in [-0.2, -0.15) is 0 Å². The Labute approximate surface area is 121 Å². The van der Waals surface area contributed by atoms with Crippen molar-refractivity contribution in [1.82, 2.24) is 0 Å². The van der Waals surface area contributed by atoms with E-state index in [4.69, 9.17) is 0 Å². The number of aryl methyl sites for hydroxylation is 1. The van der Waals surface area contributed by atoms with E-state index in [-0.39, 0.29) is 5.91 Å². The van der Waals surface area contributed by atoms with Gasteiger partial charge in [0.05, 0.1) is 4.88 Å². The number of thiophene rings is 2. The molecule has 0 aliphatic heterocycles. The van der Waals surface area contributed by atoms with Crippen molar-refractivity contribution in [3.05, 3.63) is 38.4 Å². The van der Waals surface area contributed by atoms with Crippen molar-refractivity contribution in [2.75, 3.05) is 12.4 Å². The maximum Gasteiger partial charge on any atom is 0.266 e. The molecule has 19 heavy (non-hydrogen) atoms. The minimum absolute atomic E-state index is 0.0512. The van der Waals surface area contributed by atoms with E-state index >= 15 is 0 Å². The van der Waals surface area contributed by atoms with Gasteiger partial charge in [-0.3, -0.25) is 9.79 Å². The monoisotopic (exact) mass is 292 g/mol. The second-order valence-electron chi connectivity index (χ2n) is 4.05. The Morgan fingerprint density at radius 1 is 1.53 bits per heavy atom. The van der Waals surface area contributed by atoms with Gasteiger partial charge < -0.3 is 5.32 Å². The van der Waals surface area contributed by atoms with E-state index in [2.05, 4.69) is 24.2 Å². The fourth-order valence-corrected chi connectivity index (χ4v) is 3.70. The van der Waals surface area contributed by atoms with Crippen molar-refractivity contribution in [2.45, 2.75) is 20.3 Å². The summed E-state index contributed by atoms with van der Waals surface area (Å²) in [5.74, 6) is -0.0512. The van der Waals surface area contributed by atoms with Gasteiger partial charge in [-0.15, -0.1) is 22.7 Å². The van der Waals surface area contributed by atoms with Gasteiger partial charge in [-0.05, 0) is 30.4 Å². The molecule has 0 aromatic carbocycles. The Balaban J connectivity index is 2.32. The average Bonchev–Trinajstić information content (AvgIpc) is 2.99. The SMILES string of the molecule is CCc1c(C)sc(NC(=O)c2cccs2)c1/C=N\C. The molecule has 2 aromatic heterocycles. The Bertz CT molecular complexity index is 597. The van der Waals surface area contributed by atoms with Crippen LogP contribution in [0.4, 0.5) is 5.00 Å². The maximum atomic E-state index is 12.1. The molecule has 0 saturated carbocycles. The molecule has 0 radical (unpaired) electrons. The number of aliphatic imine (C=N–C) groups is 1. The molecule has 0 fully saturated rings. The van der Waals surface area contributed by atoms with Crippen LogP contribution in [0.3, 0.4) is 0 Å². The summed E-state index contributed by atoms with van der Waals surface area (Å²) in [4.78, 5) is 18.2. The van der Waals surface area contributed by atoms with Crippen LogP contribution in [0.2, 0.25) is 0 Å². The molecule has 2 heterocycles. The fourth-order valence-electron chi connectivity index (χ4n) is 1.97. The second-order valence-corrected chi connectivity index (χ2v) is 6.22. The maximum absolute atomic E-state index is 12.1. The third kappa shape index (κ3) is 2.93. The Kier molecular flexibility index (Phi) is 4.50. The van der Waals surface area contributed by atoms with Crippen LogP contribution in [-0.4, -0.2) is 19.2 Å². The molecule has 0 aliphatic carbocycles. The van der Waals surface area contributed by atoms with Crippen LogP contribution in [0.5, 0.6) is 0 Å². The summed E-state index contributed by atoms with van der Waals surface area (Å²) in [6.07, 6.45) is 2.77. The molecule has 2 rings (SSSR count). The van der Waals surface area contributed by atoms with E-state index in [0.29, 0.717) is 0 Å². The summed E-state index contributed by atoms with van der Waals surface area (Å²) < 4.78 is 0. The standard InChI is InChI=1S/C14H16N2OS2/c1-4-10-9(2)19-14(11(10)8-15-3)16-13(17)12-6-5-7-18-12/h5-8H,4H2,1-3H3,(H,16,17)/b15-8-. The first-order chi connectivity index (χ1) is 9.17. The largest absolute Gasteiger partial charge is 0.312 e. The molecule has 0 bridgehead atoms. The van der Waals surface area contributed by atoms with Crippen LogP contribution in [0, 0.1) is 6.92 Å². The highest BCUT2D eigenvalue weighted by Crippen LogP contribution is 2.32. The van der Waals surface area contributed by atoms with Crippen molar-refractivity contribution in [3.8, 4) is 0 Å². The summed E-state index contributed by atoms with van der Waals surface area (Å²) >= 11 is 3.06. The summed E-state index contributed by atoms with van der Waals surface area (Å²) in [6.45, 7) is 4.20. The van der Waals surface area contributed by atoms with Gasteiger partial charge in [0.1, 0.15) is 5.00 Å². The van der Waals surface area contributed by atoms with E-state index in [1.807, 2.05) is 23.7 Å². The van der Waals surface area contributed by atoms with E-state index in [0.717, 1.165) is 21.9 Å². The third-order valence-electron chi connectivity index (χ3n) is 2.83. The van der Waals surface area contributed by atoms with Gasteiger partial charge in [0.15, 0.2) is 0 Å². The number of anilines is 1. The molecular weight excluding hydrogens is 276 g/mol. The van der Waals surface area contributed by atoms with Gasteiger partial charge in [-0.1, -0.05) is 13.0 Å². The topological polar surface area (TPSA) is 41.5 Å². The van der Waals surface area contributed by atoms with Crippen LogP contribution in [0.25, 0.3) is 0 Å². The average molecular weight is 292 g/mol. The highest BCUT2D eigenvalue weighted by atomic mass is 32.1. The zero-order valence-electron chi connectivity index (χ0n) is 11.2. The zero-order chi connectivity index (χ0) is 13.8. The van der Waals surface area contributed by atoms with E-state index in [9.17, 15) is 4.79 Å². The Morgan fingerprint density at radius 2 is 2.32 bits per heavy atom. The quantitative estimate of drug-likeness (QED) is 0.851.